The third-order valence-electron chi connectivity index (χ3n) is 4.17. The summed E-state index contributed by atoms with van der Waals surface area (Å²) in [5.74, 6) is 2.29. The molecule has 0 aliphatic heterocycles. The number of nitrogens with zero attached hydrogens (tertiary/aromatic N) is 3. The average molecular weight is 338 g/mol. The molecule has 0 bridgehead atoms. The Balaban J connectivity index is 1.96. The number of benzene rings is 1. The van der Waals surface area contributed by atoms with E-state index in [-0.39, 0.29) is 6.42 Å². The molecule has 0 amide bonds. The molecule has 0 atom stereocenters. The van der Waals surface area contributed by atoms with Crippen LogP contribution in [0.5, 0.6) is 11.5 Å². The number of thiophene rings is 1. The predicted molar refractivity (Wildman–Crippen MR) is 92.5 cm³/mol. The maximum atomic E-state index is 8.84. The van der Waals surface area contributed by atoms with Crippen LogP contribution in [0.3, 0.4) is 0 Å². The van der Waals surface area contributed by atoms with E-state index in [9.17, 15) is 0 Å². The Morgan fingerprint density at radius 2 is 2.00 bits per heavy atom. The van der Waals surface area contributed by atoms with E-state index in [2.05, 4.69) is 16.0 Å². The highest BCUT2D eigenvalue weighted by Crippen LogP contribution is 2.50. The number of aromatic nitrogens is 2. The van der Waals surface area contributed by atoms with E-state index >= 15 is 0 Å². The standard InChI is InChI=1S/C17H14N4O2S/c1-22-10-5-8-6-12-14(9(8)7-11(10)23-2)15-16(19)20-13(3-4-18)21-17(15)24-12/h5,7H,3,6H2,1-2H3,(H2,19,20,21). The number of hydrogen-bond acceptors (Lipinski definition) is 7. The molecule has 1 aromatic carbocycles. The van der Waals surface area contributed by atoms with Crippen molar-refractivity contribution < 1.29 is 9.47 Å². The van der Waals surface area contributed by atoms with Crippen molar-refractivity contribution in [2.24, 2.45) is 0 Å². The lowest BCUT2D eigenvalue weighted by molar-refractivity contribution is 0.355. The molecule has 2 aromatic heterocycles. The van der Waals surface area contributed by atoms with E-state index < -0.39 is 0 Å². The SMILES string of the molecule is COc1cc2c(cc1OC)-c1c(sc3nc(CC#N)nc(N)c13)C2. The van der Waals surface area contributed by atoms with E-state index in [0.29, 0.717) is 17.4 Å². The topological polar surface area (TPSA) is 94.0 Å². The third-order valence-corrected chi connectivity index (χ3v) is 5.25. The fourth-order valence-corrected chi connectivity index (χ4v) is 4.39. The highest BCUT2D eigenvalue weighted by molar-refractivity contribution is 7.19. The van der Waals surface area contributed by atoms with Gasteiger partial charge in [0.1, 0.15) is 16.5 Å². The van der Waals surface area contributed by atoms with Crippen molar-refractivity contribution >= 4 is 27.4 Å². The molecule has 120 valence electrons. The highest BCUT2D eigenvalue weighted by atomic mass is 32.1. The maximum Gasteiger partial charge on any atom is 0.161 e. The van der Waals surface area contributed by atoms with Crippen LogP contribution in [0.2, 0.25) is 0 Å². The molecule has 4 rings (SSSR count). The Hall–Kier alpha value is -2.85. The first-order chi connectivity index (χ1) is 11.7. The quantitative estimate of drug-likeness (QED) is 0.617. The van der Waals surface area contributed by atoms with E-state index in [1.54, 1.807) is 25.6 Å². The number of hydrogen-bond donors (Lipinski definition) is 1. The van der Waals surface area contributed by atoms with Crippen molar-refractivity contribution in [3.63, 3.8) is 0 Å². The van der Waals surface area contributed by atoms with Gasteiger partial charge in [0.15, 0.2) is 11.5 Å². The van der Waals surface area contributed by atoms with Crippen molar-refractivity contribution in [2.75, 3.05) is 20.0 Å². The Morgan fingerprint density at radius 3 is 2.71 bits per heavy atom. The molecular formula is C17H14N4O2S. The van der Waals surface area contributed by atoms with Crippen LogP contribution in [0.25, 0.3) is 21.3 Å². The van der Waals surface area contributed by atoms with E-state index in [1.165, 1.54) is 10.4 Å². The summed E-state index contributed by atoms with van der Waals surface area (Å²) in [5.41, 5.74) is 9.51. The van der Waals surface area contributed by atoms with Gasteiger partial charge >= 0.3 is 0 Å². The zero-order chi connectivity index (χ0) is 16.8. The second kappa shape index (κ2) is 5.35. The zero-order valence-electron chi connectivity index (χ0n) is 13.2. The molecule has 0 fully saturated rings. The fraction of sp³-hybridized carbons (Fsp3) is 0.235. The summed E-state index contributed by atoms with van der Waals surface area (Å²) in [6.45, 7) is 0. The molecule has 0 saturated heterocycles. The molecule has 0 unspecified atom stereocenters. The number of anilines is 1. The highest BCUT2D eigenvalue weighted by Gasteiger charge is 2.28. The maximum absolute atomic E-state index is 8.84. The molecule has 24 heavy (non-hydrogen) atoms. The van der Waals surface area contributed by atoms with Crippen LogP contribution in [0.4, 0.5) is 5.82 Å². The van der Waals surface area contributed by atoms with E-state index in [4.69, 9.17) is 20.5 Å². The van der Waals surface area contributed by atoms with Gasteiger partial charge in [0.25, 0.3) is 0 Å². The van der Waals surface area contributed by atoms with Crippen LogP contribution < -0.4 is 15.2 Å². The van der Waals surface area contributed by atoms with E-state index in [1.807, 2.05) is 12.1 Å². The lowest BCUT2D eigenvalue weighted by Gasteiger charge is -2.11. The largest absolute Gasteiger partial charge is 0.493 e. The Morgan fingerprint density at radius 1 is 1.25 bits per heavy atom. The molecule has 1 aliphatic carbocycles. The van der Waals surface area contributed by atoms with Gasteiger partial charge in [-0.05, 0) is 23.3 Å². The fourth-order valence-electron chi connectivity index (χ4n) is 3.15. The Kier molecular flexibility index (Phi) is 3.28. The second-order valence-electron chi connectivity index (χ2n) is 5.48. The summed E-state index contributed by atoms with van der Waals surface area (Å²) in [7, 11) is 3.25. The molecule has 0 radical (unpaired) electrons. The molecular weight excluding hydrogens is 324 g/mol. The van der Waals surface area contributed by atoms with Crippen LogP contribution in [0.15, 0.2) is 12.1 Å². The number of nitrogens with two attached hydrogens (primary N) is 1. The number of ether oxygens (including phenoxy) is 2. The molecule has 1 aliphatic rings. The van der Waals surface area contributed by atoms with Gasteiger partial charge in [0.2, 0.25) is 0 Å². The molecule has 2 heterocycles. The monoisotopic (exact) mass is 338 g/mol. The minimum Gasteiger partial charge on any atom is -0.493 e. The Labute approximate surface area is 142 Å². The van der Waals surface area contributed by atoms with Crippen LogP contribution in [-0.2, 0) is 12.8 Å². The lowest BCUT2D eigenvalue weighted by atomic mass is 10.0. The summed E-state index contributed by atoms with van der Waals surface area (Å²) in [6.07, 6.45) is 0.962. The number of rotatable bonds is 3. The van der Waals surface area contributed by atoms with Crippen molar-refractivity contribution in [1.29, 1.82) is 5.26 Å². The van der Waals surface area contributed by atoms with Gasteiger partial charge in [0, 0.05) is 16.9 Å². The van der Waals surface area contributed by atoms with Crippen LogP contribution in [-0.4, -0.2) is 24.2 Å². The molecule has 0 spiro atoms. The lowest BCUT2D eigenvalue weighted by Crippen LogP contribution is -1.99. The summed E-state index contributed by atoms with van der Waals surface area (Å²) < 4.78 is 10.8. The minimum absolute atomic E-state index is 0.157. The number of fused-ring (bicyclic) bond motifs is 5. The van der Waals surface area contributed by atoms with Gasteiger partial charge < -0.3 is 15.2 Å². The van der Waals surface area contributed by atoms with Crippen LogP contribution in [0.1, 0.15) is 16.3 Å². The zero-order valence-corrected chi connectivity index (χ0v) is 14.0. The first-order valence-electron chi connectivity index (χ1n) is 7.36. The van der Waals surface area contributed by atoms with Crippen LogP contribution in [0, 0.1) is 11.3 Å². The first-order valence-corrected chi connectivity index (χ1v) is 8.18. The minimum atomic E-state index is 0.157. The normalized spacial score (nSPS) is 11.9. The molecule has 2 N–H and O–H groups in total. The van der Waals surface area contributed by atoms with Gasteiger partial charge in [-0.1, -0.05) is 0 Å². The van der Waals surface area contributed by atoms with Gasteiger partial charge in [-0.25, -0.2) is 9.97 Å². The smallest absolute Gasteiger partial charge is 0.161 e. The molecule has 0 saturated carbocycles. The molecule has 6 nitrogen and oxygen atoms in total. The van der Waals surface area contributed by atoms with Gasteiger partial charge in [-0.2, -0.15) is 5.26 Å². The Bertz CT molecular complexity index is 1020. The summed E-state index contributed by atoms with van der Waals surface area (Å²) >= 11 is 1.60. The molecule has 7 heteroatoms. The van der Waals surface area contributed by atoms with Gasteiger partial charge in [0.05, 0.1) is 32.1 Å². The van der Waals surface area contributed by atoms with E-state index in [0.717, 1.165) is 33.5 Å². The number of nitriles is 1. The summed E-state index contributed by atoms with van der Waals surface area (Å²) in [6, 6.07) is 6.05. The summed E-state index contributed by atoms with van der Waals surface area (Å²) in [5, 5.41) is 9.71. The third kappa shape index (κ3) is 2.00. The van der Waals surface area contributed by atoms with Crippen LogP contribution >= 0.6 is 11.3 Å². The molecule has 3 aromatic rings. The van der Waals surface area contributed by atoms with Crippen molar-refractivity contribution in [1.82, 2.24) is 9.97 Å². The predicted octanol–water partition coefficient (Wildman–Crippen LogP) is 2.93. The van der Waals surface area contributed by atoms with Crippen molar-refractivity contribution in [3.8, 4) is 28.7 Å². The van der Waals surface area contributed by atoms with Gasteiger partial charge in [-0.3, -0.25) is 0 Å². The average Bonchev–Trinajstić information content (AvgIpc) is 3.08. The van der Waals surface area contributed by atoms with Gasteiger partial charge in [-0.15, -0.1) is 11.3 Å². The first kappa shape index (κ1) is 14.7. The second-order valence-corrected chi connectivity index (χ2v) is 6.57. The van der Waals surface area contributed by atoms with Crippen molar-refractivity contribution in [3.05, 3.63) is 28.4 Å². The number of nitrogen functional groups attached to an aromatic ring is 1. The van der Waals surface area contributed by atoms with Crippen molar-refractivity contribution in [2.45, 2.75) is 12.8 Å². The number of methoxy groups -OCH3 is 2. The summed E-state index contributed by atoms with van der Waals surface area (Å²) in [4.78, 5) is 10.8.